The summed E-state index contributed by atoms with van der Waals surface area (Å²) in [6.45, 7) is 1.82. The van der Waals surface area contributed by atoms with Gasteiger partial charge in [-0.1, -0.05) is 18.2 Å². The second-order valence-corrected chi connectivity index (χ2v) is 7.42. The maximum Gasteiger partial charge on any atom is 0.236 e. The molecule has 3 heterocycles. The van der Waals surface area contributed by atoms with Gasteiger partial charge in [0.1, 0.15) is 5.65 Å². The fourth-order valence-electron chi connectivity index (χ4n) is 3.62. The number of fused-ring (bicyclic) bond motifs is 1. The van der Waals surface area contributed by atoms with Gasteiger partial charge in [-0.3, -0.25) is 9.69 Å². The van der Waals surface area contributed by atoms with Gasteiger partial charge in [-0.25, -0.2) is 13.8 Å². The molecule has 0 atom stereocenters. The summed E-state index contributed by atoms with van der Waals surface area (Å²) in [5, 5.41) is 0.731. The van der Waals surface area contributed by atoms with Gasteiger partial charge in [-0.15, -0.1) is 0 Å². The highest BCUT2D eigenvalue weighted by atomic mass is 19.2. The van der Waals surface area contributed by atoms with Crippen LogP contribution in [-0.4, -0.2) is 59.4 Å². The molecule has 1 aliphatic heterocycles. The molecule has 0 saturated heterocycles. The van der Waals surface area contributed by atoms with E-state index in [4.69, 9.17) is 0 Å². The van der Waals surface area contributed by atoms with Crippen LogP contribution in [0.3, 0.4) is 0 Å². The Balaban J connectivity index is 1.67. The number of nitrogens with zero attached hydrogens (tertiary/aromatic N) is 3. The maximum absolute atomic E-state index is 14.4. The van der Waals surface area contributed by atoms with Crippen LogP contribution in [0.5, 0.6) is 0 Å². The van der Waals surface area contributed by atoms with Gasteiger partial charge >= 0.3 is 0 Å². The highest BCUT2D eigenvalue weighted by Crippen LogP contribution is 2.32. The fourth-order valence-corrected chi connectivity index (χ4v) is 3.62. The summed E-state index contributed by atoms with van der Waals surface area (Å²) in [7, 11) is 3.50. The average molecular weight is 396 g/mol. The predicted octanol–water partition coefficient (Wildman–Crippen LogP) is 3.69. The van der Waals surface area contributed by atoms with E-state index < -0.39 is 11.6 Å². The minimum absolute atomic E-state index is 0.0634. The quantitative estimate of drug-likeness (QED) is 0.732. The molecular weight excluding hydrogens is 374 g/mol. The number of H-pyrrole nitrogens is 1. The molecule has 0 aliphatic carbocycles. The molecule has 1 aromatic carbocycles. The lowest BCUT2D eigenvalue weighted by molar-refractivity contribution is -0.129. The van der Waals surface area contributed by atoms with E-state index in [0.29, 0.717) is 24.3 Å². The lowest BCUT2D eigenvalue weighted by atomic mass is 10.0. The summed E-state index contributed by atoms with van der Waals surface area (Å²) in [6, 6.07) is 7.78. The number of pyridine rings is 1. The minimum Gasteiger partial charge on any atom is -0.348 e. The molecule has 0 radical (unpaired) electrons. The van der Waals surface area contributed by atoms with Gasteiger partial charge in [0.2, 0.25) is 5.91 Å². The van der Waals surface area contributed by atoms with Gasteiger partial charge in [0.05, 0.1) is 6.54 Å². The molecule has 1 amide bonds. The summed E-state index contributed by atoms with van der Waals surface area (Å²) < 4.78 is 28.1. The molecule has 7 heteroatoms. The van der Waals surface area contributed by atoms with Gasteiger partial charge in [0, 0.05) is 50.0 Å². The van der Waals surface area contributed by atoms with Crippen LogP contribution in [0.25, 0.3) is 27.7 Å². The maximum atomic E-state index is 14.4. The number of hydrogen-bond acceptors (Lipinski definition) is 3. The van der Waals surface area contributed by atoms with Crippen molar-refractivity contribution in [2.24, 2.45) is 0 Å². The number of nitrogens with one attached hydrogen (secondary N) is 1. The first-order valence-corrected chi connectivity index (χ1v) is 9.48. The van der Waals surface area contributed by atoms with Crippen molar-refractivity contribution in [1.29, 1.82) is 0 Å². The molecule has 0 unspecified atom stereocenters. The fraction of sp³-hybridized carbons (Fsp3) is 0.273. The van der Waals surface area contributed by atoms with E-state index in [9.17, 15) is 13.6 Å². The topological polar surface area (TPSA) is 52.2 Å². The van der Waals surface area contributed by atoms with E-state index >= 15 is 0 Å². The van der Waals surface area contributed by atoms with Crippen molar-refractivity contribution in [2.75, 3.05) is 33.7 Å². The van der Waals surface area contributed by atoms with Crippen molar-refractivity contribution in [3.05, 3.63) is 59.9 Å². The number of amides is 1. The Kier molecular flexibility index (Phi) is 5.15. The Morgan fingerprint density at radius 2 is 2.07 bits per heavy atom. The number of likely N-dealkylation sites (N-methyl/N-ethyl adjacent to an activating group) is 1. The smallest absolute Gasteiger partial charge is 0.236 e. The molecule has 0 saturated carbocycles. The van der Waals surface area contributed by atoms with Gasteiger partial charge in [0.25, 0.3) is 0 Å². The van der Waals surface area contributed by atoms with Crippen LogP contribution in [0.1, 0.15) is 12.1 Å². The number of aromatic amines is 1. The zero-order valence-electron chi connectivity index (χ0n) is 16.4. The van der Waals surface area contributed by atoms with E-state index in [0.717, 1.165) is 35.7 Å². The van der Waals surface area contributed by atoms with Crippen LogP contribution in [0, 0.1) is 11.6 Å². The van der Waals surface area contributed by atoms with Gasteiger partial charge < -0.3 is 9.88 Å². The Morgan fingerprint density at radius 1 is 1.24 bits per heavy atom. The highest BCUT2D eigenvalue weighted by Gasteiger charge is 2.20. The number of hydrogen-bond donors (Lipinski definition) is 1. The molecule has 29 heavy (non-hydrogen) atoms. The summed E-state index contributed by atoms with van der Waals surface area (Å²) in [5.74, 6) is -1.68. The average Bonchev–Trinajstić information content (AvgIpc) is 3.15. The van der Waals surface area contributed by atoms with Crippen molar-refractivity contribution < 1.29 is 13.6 Å². The molecule has 3 aromatic rings. The Hall–Kier alpha value is -3.06. The van der Waals surface area contributed by atoms with Crippen LogP contribution in [0.2, 0.25) is 0 Å². The first-order chi connectivity index (χ1) is 13.9. The van der Waals surface area contributed by atoms with Crippen LogP contribution < -0.4 is 0 Å². The van der Waals surface area contributed by atoms with Gasteiger partial charge in [-0.05, 0) is 35.8 Å². The normalized spacial score (nSPS) is 14.8. The summed E-state index contributed by atoms with van der Waals surface area (Å²) in [4.78, 5) is 23.4. The molecule has 5 nitrogen and oxygen atoms in total. The Morgan fingerprint density at radius 3 is 2.86 bits per heavy atom. The summed E-state index contributed by atoms with van der Waals surface area (Å²) in [6.07, 6.45) is 4.56. The standard InChI is InChI=1S/C22H22F2N4O/c1-27(2)20(29)13-28-10-4-5-14(12-28)19-11-17-15(8-9-25-22(17)26-19)16-6-3-7-18(23)21(16)24/h3,5-9,11H,4,10,12-13H2,1-2H3,(H,25,26). The molecule has 2 aromatic heterocycles. The number of halogens is 2. The summed E-state index contributed by atoms with van der Waals surface area (Å²) >= 11 is 0. The van der Waals surface area contributed by atoms with Crippen molar-refractivity contribution >= 4 is 22.5 Å². The van der Waals surface area contributed by atoms with E-state index in [2.05, 4.69) is 20.9 Å². The molecule has 1 N–H and O–H groups in total. The van der Waals surface area contributed by atoms with Crippen LogP contribution in [0.15, 0.2) is 42.6 Å². The molecular formula is C22H22F2N4O. The third-order valence-corrected chi connectivity index (χ3v) is 5.21. The van der Waals surface area contributed by atoms with Crippen molar-refractivity contribution in [3.8, 4) is 11.1 Å². The first-order valence-electron chi connectivity index (χ1n) is 9.48. The molecule has 0 bridgehead atoms. The predicted molar refractivity (Wildman–Crippen MR) is 109 cm³/mol. The van der Waals surface area contributed by atoms with Crippen molar-refractivity contribution in [2.45, 2.75) is 6.42 Å². The molecule has 0 fully saturated rings. The van der Waals surface area contributed by atoms with Gasteiger partial charge in [-0.2, -0.15) is 0 Å². The summed E-state index contributed by atoms with van der Waals surface area (Å²) in [5.41, 5.74) is 3.35. The van der Waals surface area contributed by atoms with Crippen molar-refractivity contribution in [3.63, 3.8) is 0 Å². The number of benzene rings is 1. The van der Waals surface area contributed by atoms with E-state index in [-0.39, 0.29) is 11.5 Å². The zero-order valence-corrected chi connectivity index (χ0v) is 16.4. The number of carbonyl (C=O) groups is 1. The second-order valence-electron chi connectivity index (χ2n) is 7.42. The monoisotopic (exact) mass is 396 g/mol. The third-order valence-electron chi connectivity index (χ3n) is 5.21. The molecule has 4 rings (SSSR count). The van der Waals surface area contributed by atoms with E-state index in [1.165, 1.54) is 6.07 Å². The van der Waals surface area contributed by atoms with E-state index in [1.807, 2.05) is 6.07 Å². The minimum atomic E-state index is -0.876. The lowest BCUT2D eigenvalue weighted by Gasteiger charge is -2.27. The Labute approximate surface area is 167 Å². The van der Waals surface area contributed by atoms with Crippen molar-refractivity contribution in [1.82, 2.24) is 19.8 Å². The highest BCUT2D eigenvalue weighted by molar-refractivity contribution is 5.95. The number of carbonyl (C=O) groups excluding carboxylic acids is 1. The first kappa shape index (κ1) is 19.3. The van der Waals surface area contributed by atoms with E-state index in [1.54, 1.807) is 37.3 Å². The van der Waals surface area contributed by atoms with Gasteiger partial charge in [0.15, 0.2) is 11.6 Å². The Bertz CT molecular complexity index is 1100. The van der Waals surface area contributed by atoms with Crippen LogP contribution in [0.4, 0.5) is 8.78 Å². The lowest BCUT2D eigenvalue weighted by Crippen LogP contribution is -2.39. The molecule has 150 valence electrons. The number of rotatable bonds is 4. The second kappa shape index (κ2) is 7.75. The molecule has 1 aliphatic rings. The van der Waals surface area contributed by atoms with Crippen LogP contribution in [-0.2, 0) is 4.79 Å². The number of aromatic nitrogens is 2. The SMILES string of the molecule is CN(C)C(=O)CN1CCC=C(c2cc3c(-c4cccc(F)c4F)ccnc3[nH]2)C1. The van der Waals surface area contributed by atoms with Crippen LogP contribution >= 0.6 is 0 Å². The zero-order chi connectivity index (χ0) is 20.5. The largest absolute Gasteiger partial charge is 0.348 e. The third kappa shape index (κ3) is 3.78. The molecule has 0 spiro atoms.